The van der Waals surface area contributed by atoms with Crippen LogP contribution in [0.25, 0.3) is 0 Å². The minimum absolute atomic E-state index is 0.0406. The Bertz CT molecular complexity index is 498. The van der Waals surface area contributed by atoms with Crippen molar-refractivity contribution in [3.63, 3.8) is 0 Å². The number of hydrogen-bond donors (Lipinski definition) is 2. The van der Waals surface area contributed by atoms with Crippen LogP contribution in [0.1, 0.15) is 29.8 Å². The lowest BCUT2D eigenvalue weighted by Crippen LogP contribution is -2.36. The van der Waals surface area contributed by atoms with E-state index in [0.717, 1.165) is 5.69 Å². The number of likely N-dealkylation sites (N-methyl/N-ethyl adjacent to an activating group) is 1. The quantitative estimate of drug-likeness (QED) is 0.834. The molecule has 1 amide bonds. The maximum Gasteiger partial charge on any atom is 0.335 e. The molecule has 110 valence electrons. The van der Waals surface area contributed by atoms with Crippen LogP contribution < -0.4 is 10.2 Å². The second-order valence-corrected chi connectivity index (χ2v) is 5.36. The minimum atomic E-state index is -0.939. The monoisotopic (exact) mass is 278 g/mol. The third-order valence-corrected chi connectivity index (χ3v) is 2.97. The average molecular weight is 278 g/mol. The molecule has 0 spiro atoms. The average Bonchev–Trinajstić information content (AvgIpc) is 2.35. The van der Waals surface area contributed by atoms with Crippen molar-refractivity contribution in [2.24, 2.45) is 5.92 Å². The molecular formula is C15H22N2O3. The molecule has 1 aromatic carbocycles. The Morgan fingerprint density at radius 3 is 2.50 bits per heavy atom. The summed E-state index contributed by atoms with van der Waals surface area (Å²) in [7, 11) is 1.81. The summed E-state index contributed by atoms with van der Waals surface area (Å²) in [6.07, 6.45) is 0. The van der Waals surface area contributed by atoms with Crippen molar-refractivity contribution >= 4 is 17.6 Å². The van der Waals surface area contributed by atoms with Crippen molar-refractivity contribution in [3.05, 3.63) is 29.3 Å². The molecule has 2 N–H and O–H groups in total. The number of rotatable bonds is 6. The second-order valence-electron chi connectivity index (χ2n) is 5.36. The fourth-order valence-corrected chi connectivity index (χ4v) is 1.81. The molecule has 0 aliphatic carbocycles. The molecule has 20 heavy (non-hydrogen) atoms. The molecular weight excluding hydrogens is 256 g/mol. The highest BCUT2D eigenvalue weighted by atomic mass is 16.4. The highest BCUT2D eigenvalue weighted by molar-refractivity contribution is 5.90. The third kappa shape index (κ3) is 4.57. The number of carboxylic acids is 1. The molecule has 1 rings (SSSR count). The molecule has 5 nitrogen and oxygen atoms in total. The molecule has 0 unspecified atom stereocenters. The fourth-order valence-electron chi connectivity index (χ4n) is 1.81. The molecule has 1 aromatic rings. The molecule has 0 bridgehead atoms. The predicted octanol–water partition coefficient (Wildman–Crippen LogP) is 1.90. The number of anilines is 1. The van der Waals surface area contributed by atoms with Crippen LogP contribution in [0, 0.1) is 12.8 Å². The van der Waals surface area contributed by atoms with Crippen LogP contribution in [-0.2, 0) is 4.79 Å². The summed E-state index contributed by atoms with van der Waals surface area (Å²) in [6, 6.07) is 5.06. The van der Waals surface area contributed by atoms with E-state index in [1.165, 1.54) is 0 Å². The zero-order valence-corrected chi connectivity index (χ0v) is 12.4. The first kappa shape index (κ1) is 16.0. The summed E-state index contributed by atoms with van der Waals surface area (Å²) in [6.45, 7) is 6.73. The lowest BCUT2D eigenvalue weighted by atomic mass is 10.1. The Hall–Kier alpha value is -2.04. The SMILES string of the molecule is Cc1cc(N(C)CC(=O)NCC(C)C)ccc1C(=O)O. The van der Waals surface area contributed by atoms with E-state index in [-0.39, 0.29) is 18.0 Å². The Morgan fingerprint density at radius 2 is 2.00 bits per heavy atom. The van der Waals surface area contributed by atoms with Crippen LogP contribution in [0.3, 0.4) is 0 Å². The number of carboxylic acid groups (broad SMARTS) is 1. The smallest absolute Gasteiger partial charge is 0.335 e. The van der Waals surface area contributed by atoms with E-state index in [2.05, 4.69) is 5.32 Å². The van der Waals surface area contributed by atoms with Gasteiger partial charge in [-0.15, -0.1) is 0 Å². The van der Waals surface area contributed by atoms with Crippen molar-refractivity contribution in [3.8, 4) is 0 Å². The van der Waals surface area contributed by atoms with E-state index in [1.807, 2.05) is 20.9 Å². The fraction of sp³-hybridized carbons (Fsp3) is 0.467. The lowest BCUT2D eigenvalue weighted by Gasteiger charge is -2.20. The van der Waals surface area contributed by atoms with Crippen LogP contribution in [0.5, 0.6) is 0 Å². The normalized spacial score (nSPS) is 10.4. The molecule has 0 saturated heterocycles. The van der Waals surface area contributed by atoms with E-state index in [4.69, 9.17) is 5.11 Å². The number of aryl methyl sites for hydroxylation is 1. The Kier molecular flexibility index (Phi) is 5.55. The summed E-state index contributed by atoms with van der Waals surface area (Å²) < 4.78 is 0. The second kappa shape index (κ2) is 6.93. The van der Waals surface area contributed by atoms with Gasteiger partial charge in [-0.3, -0.25) is 4.79 Å². The topological polar surface area (TPSA) is 69.6 Å². The van der Waals surface area contributed by atoms with Crippen LogP contribution in [0.15, 0.2) is 18.2 Å². The van der Waals surface area contributed by atoms with Crippen molar-refractivity contribution in [1.29, 1.82) is 0 Å². The number of carbonyl (C=O) groups excluding carboxylic acids is 1. The van der Waals surface area contributed by atoms with Gasteiger partial charge >= 0.3 is 5.97 Å². The molecule has 0 aliphatic heterocycles. The van der Waals surface area contributed by atoms with Gasteiger partial charge in [0.15, 0.2) is 0 Å². The van der Waals surface area contributed by atoms with Crippen LogP contribution in [0.4, 0.5) is 5.69 Å². The molecule has 0 atom stereocenters. The van der Waals surface area contributed by atoms with Gasteiger partial charge in [-0.25, -0.2) is 4.79 Å². The predicted molar refractivity (Wildman–Crippen MR) is 79.3 cm³/mol. The number of hydrogen-bond acceptors (Lipinski definition) is 3. The molecule has 5 heteroatoms. The van der Waals surface area contributed by atoms with Gasteiger partial charge < -0.3 is 15.3 Å². The maximum atomic E-state index is 11.7. The Balaban J connectivity index is 2.68. The van der Waals surface area contributed by atoms with Crippen LogP contribution in [0.2, 0.25) is 0 Å². The molecule has 0 aromatic heterocycles. The number of amides is 1. The summed E-state index contributed by atoms with van der Waals surface area (Å²) in [5.41, 5.74) is 1.79. The summed E-state index contributed by atoms with van der Waals surface area (Å²) in [5, 5.41) is 11.8. The third-order valence-electron chi connectivity index (χ3n) is 2.97. The zero-order chi connectivity index (χ0) is 15.3. The van der Waals surface area contributed by atoms with Crippen LogP contribution in [-0.4, -0.2) is 37.1 Å². The highest BCUT2D eigenvalue weighted by Gasteiger charge is 2.11. The molecule has 0 saturated carbocycles. The first-order chi connectivity index (χ1) is 9.31. The van der Waals surface area contributed by atoms with Gasteiger partial charge in [0.2, 0.25) is 5.91 Å². The van der Waals surface area contributed by atoms with Crippen molar-refractivity contribution in [2.75, 3.05) is 25.0 Å². The van der Waals surface area contributed by atoms with Gasteiger partial charge in [-0.05, 0) is 36.6 Å². The number of benzene rings is 1. The van der Waals surface area contributed by atoms with Gasteiger partial charge in [-0.1, -0.05) is 13.8 Å². The molecule has 0 fully saturated rings. The van der Waals surface area contributed by atoms with E-state index in [0.29, 0.717) is 18.0 Å². The molecule has 0 radical (unpaired) electrons. The van der Waals surface area contributed by atoms with E-state index in [1.54, 1.807) is 30.0 Å². The number of carbonyl (C=O) groups is 2. The van der Waals surface area contributed by atoms with Gasteiger partial charge in [-0.2, -0.15) is 0 Å². The number of nitrogens with one attached hydrogen (secondary N) is 1. The molecule has 0 aliphatic rings. The Morgan fingerprint density at radius 1 is 1.35 bits per heavy atom. The largest absolute Gasteiger partial charge is 0.478 e. The molecule has 0 heterocycles. The minimum Gasteiger partial charge on any atom is -0.478 e. The van der Waals surface area contributed by atoms with Gasteiger partial charge in [0.25, 0.3) is 0 Å². The van der Waals surface area contributed by atoms with Crippen molar-refractivity contribution in [1.82, 2.24) is 5.32 Å². The lowest BCUT2D eigenvalue weighted by molar-refractivity contribution is -0.119. The Labute approximate surface area is 119 Å². The summed E-state index contributed by atoms with van der Waals surface area (Å²) >= 11 is 0. The highest BCUT2D eigenvalue weighted by Crippen LogP contribution is 2.18. The van der Waals surface area contributed by atoms with E-state index < -0.39 is 5.97 Å². The van der Waals surface area contributed by atoms with Gasteiger partial charge in [0.1, 0.15) is 0 Å². The van der Waals surface area contributed by atoms with Gasteiger partial charge in [0, 0.05) is 19.3 Å². The van der Waals surface area contributed by atoms with E-state index in [9.17, 15) is 9.59 Å². The summed E-state index contributed by atoms with van der Waals surface area (Å²) in [5.74, 6) is -0.561. The van der Waals surface area contributed by atoms with Crippen molar-refractivity contribution < 1.29 is 14.7 Å². The van der Waals surface area contributed by atoms with Crippen LogP contribution >= 0.6 is 0 Å². The number of nitrogens with zero attached hydrogens (tertiary/aromatic N) is 1. The standard InChI is InChI=1S/C15H22N2O3/c1-10(2)8-16-14(18)9-17(4)12-5-6-13(15(19)20)11(3)7-12/h5-7,10H,8-9H2,1-4H3,(H,16,18)(H,19,20). The zero-order valence-electron chi connectivity index (χ0n) is 12.4. The van der Waals surface area contributed by atoms with Gasteiger partial charge in [0.05, 0.1) is 12.1 Å². The number of aromatic carboxylic acids is 1. The maximum absolute atomic E-state index is 11.7. The van der Waals surface area contributed by atoms with E-state index >= 15 is 0 Å². The first-order valence-electron chi connectivity index (χ1n) is 6.63. The summed E-state index contributed by atoms with van der Waals surface area (Å²) in [4.78, 5) is 24.5. The van der Waals surface area contributed by atoms with Crippen molar-refractivity contribution in [2.45, 2.75) is 20.8 Å². The first-order valence-corrected chi connectivity index (χ1v) is 6.63.